The fourth-order valence-electron chi connectivity index (χ4n) is 0.659. The van der Waals surface area contributed by atoms with E-state index >= 15 is 0 Å². The summed E-state index contributed by atoms with van der Waals surface area (Å²) in [6.07, 6.45) is 0. The van der Waals surface area contributed by atoms with E-state index in [4.69, 9.17) is 5.11 Å². The standard InChI is InChI=1S/C7H8O2Te/c1-5(7(8)9)6-3-2-4-10-6/h2-5H,1H3,(H,8,9). The maximum atomic E-state index is 10.4. The van der Waals surface area contributed by atoms with Crippen LogP contribution >= 0.6 is 0 Å². The summed E-state index contributed by atoms with van der Waals surface area (Å²) < 4.78 is 3.22. The molecule has 0 saturated heterocycles. The van der Waals surface area contributed by atoms with E-state index in [-0.39, 0.29) is 26.3 Å². The average Bonchev–Trinajstić information content (AvgIpc) is 2.36. The maximum absolute atomic E-state index is 10.4. The summed E-state index contributed by atoms with van der Waals surface area (Å²) in [6, 6.07) is 3.89. The number of hydrogen-bond donors (Lipinski definition) is 1. The van der Waals surface area contributed by atoms with Crippen molar-refractivity contribution in [3.63, 3.8) is 0 Å². The Morgan fingerprint density at radius 1 is 1.80 bits per heavy atom. The normalized spacial score (nSPS) is 12.9. The molecule has 1 heterocycles. The molecule has 2 nitrogen and oxygen atoms in total. The van der Waals surface area contributed by atoms with Crippen molar-refractivity contribution in [2.24, 2.45) is 0 Å². The first-order chi connectivity index (χ1) is 4.72. The van der Waals surface area contributed by atoms with Gasteiger partial charge < -0.3 is 0 Å². The number of carbonyl (C=O) groups is 1. The summed E-state index contributed by atoms with van der Waals surface area (Å²) in [5, 5.41) is 8.59. The fraction of sp³-hybridized carbons (Fsp3) is 0.286. The second kappa shape index (κ2) is 3.23. The Hall–Kier alpha value is -0.260. The molecule has 10 heavy (non-hydrogen) atoms. The van der Waals surface area contributed by atoms with Gasteiger partial charge in [0.2, 0.25) is 0 Å². The van der Waals surface area contributed by atoms with Crippen molar-refractivity contribution in [3.8, 4) is 0 Å². The number of aliphatic carboxylic acids is 1. The molecule has 3 heteroatoms. The van der Waals surface area contributed by atoms with Gasteiger partial charge in [-0.2, -0.15) is 0 Å². The average molecular weight is 252 g/mol. The molecular weight excluding hydrogens is 244 g/mol. The summed E-state index contributed by atoms with van der Waals surface area (Å²) in [6.45, 7) is 1.74. The molecule has 0 aliphatic rings. The Morgan fingerprint density at radius 3 is 2.90 bits per heavy atom. The second-order valence-electron chi connectivity index (χ2n) is 2.08. The van der Waals surface area contributed by atoms with E-state index in [0.717, 1.165) is 3.58 Å². The second-order valence-corrected chi connectivity index (χ2v) is 4.87. The number of rotatable bonds is 2. The number of carboxylic acid groups (broad SMARTS) is 1. The van der Waals surface area contributed by atoms with Crippen molar-refractivity contribution in [2.45, 2.75) is 12.8 Å². The van der Waals surface area contributed by atoms with Crippen LogP contribution < -0.4 is 0 Å². The number of carboxylic acids is 1. The van der Waals surface area contributed by atoms with Gasteiger partial charge in [0.1, 0.15) is 0 Å². The van der Waals surface area contributed by atoms with E-state index in [9.17, 15) is 4.79 Å². The van der Waals surface area contributed by atoms with Gasteiger partial charge in [-0.25, -0.2) is 0 Å². The van der Waals surface area contributed by atoms with Crippen molar-refractivity contribution in [3.05, 3.63) is 19.8 Å². The molecule has 1 rings (SSSR count). The Bertz CT molecular complexity index is 216. The van der Waals surface area contributed by atoms with Crippen LogP contribution in [0.25, 0.3) is 0 Å². The Morgan fingerprint density at radius 2 is 2.50 bits per heavy atom. The summed E-state index contributed by atoms with van der Waals surface area (Å²) in [4.78, 5) is 10.4. The predicted molar refractivity (Wildman–Crippen MR) is 39.4 cm³/mol. The molecule has 0 aliphatic heterocycles. The quantitative estimate of drug-likeness (QED) is 0.795. The van der Waals surface area contributed by atoms with Crippen LogP contribution in [0, 0.1) is 0 Å². The van der Waals surface area contributed by atoms with E-state index in [2.05, 4.69) is 4.08 Å². The first-order valence-electron chi connectivity index (χ1n) is 2.98. The summed E-state index contributed by atoms with van der Waals surface area (Å²) in [7, 11) is 0. The number of hydrogen-bond acceptors (Lipinski definition) is 1. The van der Waals surface area contributed by atoms with Gasteiger partial charge in [-0.1, -0.05) is 0 Å². The molecule has 0 bridgehead atoms. The molecule has 0 radical (unpaired) electrons. The zero-order chi connectivity index (χ0) is 7.56. The first-order valence-corrected chi connectivity index (χ1v) is 5.49. The van der Waals surface area contributed by atoms with Crippen LogP contribution in [-0.4, -0.2) is 31.5 Å². The van der Waals surface area contributed by atoms with Crippen molar-refractivity contribution < 1.29 is 9.90 Å². The third-order valence-corrected chi connectivity index (χ3v) is 4.35. The molecule has 1 aromatic heterocycles. The molecule has 1 N–H and O–H groups in total. The Labute approximate surface area is 69.1 Å². The molecular formula is C7H8O2Te. The van der Waals surface area contributed by atoms with Crippen LogP contribution in [0.3, 0.4) is 0 Å². The Kier molecular flexibility index (Phi) is 2.53. The van der Waals surface area contributed by atoms with Crippen molar-refractivity contribution >= 4 is 26.4 Å². The van der Waals surface area contributed by atoms with Crippen molar-refractivity contribution in [2.75, 3.05) is 0 Å². The van der Waals surface area contributed by atoms with Crippen molar-refractivity contribution in [1.82, 2.24) is 0 Å². The van der Waals surface area contributed by atoms with E-state index in [1.807, 2.05) is 12.1 Å². The Balaban J connectivity index is 2.77. The molecule has 0 aromatic carbocycles. The molecule has 0 spiro atoms. The van der Waals surface area contributed by atoms with Gasteiger partial charge in [-0.15, -0.1) is 0 Å². The SMILES string of the molecule is CC(C(=O)O)c1ccc[te]1. The van der Waals surface area contributed by atoms with E-state index in [1.54, 1.807) is 6.92 Å². The zero-order valence-corrected chi connectivity index (χ0v) is 7.90. The third kappa shape index (κ3) is 1.62. The van der Waals surface area contributed by atoms with Crippen LogP contribution in [0.4, 0.5) is 0 Å². The van der Waals surface area contributed by atoms with Crippen molar-refractivity contribution in [1.29, 1.82) is 0 Å². The third-order valence-electron chi connectivity index (χ3n) is 1.34. The van der Waals surface area contributed by atoms with Crippen LogP contribution in [0.1, 0.15) is 16.4 Å². The summed E-state index contributed by atoms with van der Waals surface area (Å²) in [5.74, 6) is -0.975. The zero-order valence-electron chi connectivity index (χ0n) is 5.57. The van der Waals surface area contributed by atoms with E-state index in [0.29, 0.717) is 0 Å². The van der Waals surface area contributed by atoms with Gasteiger partial charge in [-0.05, 0) is 0 Å². The van der Waals surface area contributed by atoms with Gasteiger partial charge >= 0.3 is 68.9 Å². The van der Waals surface area contributed by atoms with Gasteiger partial charge in [0.05, 0.1) is 0 Å². The molecule has 0 aliphatic carbocycles. The van der Waals surface area contributed by atoms with Gasteiger partial charge in [0.15, 0.2) is 0 Å². The first kappa shape index (κ1) is 7.84. The van der Waals surface area contributed by atoms with E-state index < -0.39 is 5.97 Å². The monoisotopic (exact) mass is 254 g/mol. The topological polar surface area (TPSA) is 37.3 Å². The molecule has 0 fully saturated rings. The fourth-order valence-corrected chi connectivity index (χ4v) is 2.88. The summed E-state index contributed by atoms with van der Waals surface area (Å²) >= 11 is -0.261. The minimum atomic E-state index is -0.708. The summed E-state index contributed by atoms with van der Waals surface area (Å²) in [5.41, 5.74) is 0. The molecule has 54 valence electrons. The molecule has 1 atom stereocenters. The minimum absolute atomic E-state index is 0.261. The van der Waals surface area contributed by atoms with Gasteiger partial charge in [0, 0.05) is 0 Å². The van der Waals surface area contributed by atoms with Crippen LogP contribution in [0.2, 0.25) is 0 Å². The van der Waals surface area contributed by atoms with Gasteiger partial charge in [-0.3, -0.25) is 0 Å². The molecule has 1 aromatic rings. The van der Waals surface area contributed by atoms with E-state index in [1.165, 1.54) is 0 Å². The predicted octanol–water partition coefficient (Wildman–Crippen LogP) is 0.932. The van der Waals surface area contributed by atoms with Crippen LogP contribution in [0.15, 0.2) is 16.2 Å². The van der Waals surface area contributed by atoms with Gasteiger partial charge in [0.25, 0.3) is 0 Å². The molecule has 1 unspecified atom stereocenters. The van der Waals surface area contributed by atoms with Crippen LogP contribution in [-0.2, 0) is 4.79 Å². The molecule has 0 amide bonds. The molecule has 0 saturated carbocycles. The van der Waals surface area contributed by atoms with Crippen LogP contribution in [0.5, 0.6) is 0 Å².